The molecule has 0 aliphatic rings. The van der Waals surface area contributed by atoms with Crippen molar-refractivity contribution in [1.29, 1.82) is 0 Å². The van der Waals surface area contributed by atoms with Crippen molar-refractivity contribution in [3.63, 3.8) is 0 Å². The first-order valence-corrected chi connectivity index (χ1v) is 5.82. The predicted octanol–water partition coefficient (Wildman–Crippen LogP) is 1.49. The smallest absolute Gasteiger partial charge is 0.139 e. The Morgan fingerprint density at radius 2 is 2.20 bits per heavy atom. The maximum absolute atomic E-state index is 9.11. The summed E-state index contributed by atoms with van der Waals surface area (Å²) in [5.74, 6) is 0. The molecule has 2 N–H and O–H groups in total. The molecule has 0 aliphatic heterocycles. The lowest BCUT2D eigenvalue weighted by Gasteiger charge is -2.11. The lowest BCUT2D eigenvalue weighted by molar-refractivity contribution is 0.277. The highest BCUT2D eigenvalue weighted by Gasteiger charge is 2.12. The van der Waals surface area contributed by atoms with Crippen LogP contribution in [0.1, 0.15) is 18.9 Å². The van der Waals surface area contributed by atoms with Crippen LogP contribution in [0.2, 0.25) is 5.15 Å². The second-order valence-corrected chi connectivity index (χ2v) is 4.83. The first kappa shape index (κ1) is 12.7. The second kappa shape index (κ2) is 6.27. The topological polar surface area (TPSA) is 66.2 Å². The second-order valence-electron chi connectivity index (χ2n) is 3.05. The van der Waals surface area contributed by atoms with Crippen molar-refractivity contribution in [2.75, 3.05) is 6.61 Å². The first-order chi connectivity index (χ1) is 7.19. The zero-order valence-corrected chi connectivity index (χ0v) is 9.92. The Hall–Kier alpha value is -0.360. The summed E-state index contributed by atoms with van der Waals surface area (Å²) >= 11 is 7.29. The average molecular weight is 249 g/mol. The summed E-state index contributed by atoms with van der Waals surface area (Å²) in [4.78, 5) is 7.85. The van der Waals surface area contributed by atoms with Gasteiger partial charge in [-0.05, 0) is 6.42 Å². The lowest BCUT2D eigenvalue weighted by atomic mass is 10.3. The van der Waals surface area contributed by atoms with Crippen LogP contribution in [0.25, 0.3) is 0 Å². The highest BCUT2D eigenvalue weighted by atomic mass is 35.5. The summed E-state index contributed by atoms with van der Waals surface area (Å²) in [5, 5.41) is 19.1. The van der Waals surface area contributed by atoms with Gasteiger partial charge >= 0.3 is 0 Å². The quantitative estimate of drug-likeness (QED) is 0.611. The minimum atomic E-state index is -0.173. The third kappa shape index (κ3) is 3.61. The Morgan fingerprint density at radius 3 is 2.80 bits per heavy atom. The molecule has 0 amide bonds. The van der Waals surface area contributed by atoms with E-state index in [0.717, 1.165) is 0 Å². The van der Waals surface area contributed by atoms with Gasteiger partial charge in [-0.2, -0.15) is 0 Å². The Kier molecular flexibility index (Phi) is 5.31. The molecule has 0 spiro atoms. The Labute approximate surface area is 97.7 Å². The Balaban J connectivity index is 2.80. The number of rotatable bonds is 5. The minimum absolute atomic E-state index is 0.140. The number of thioether (sulfide) groups is 1. The van der Waals surface area contributed by atoms with Crippen molar-refractivity contribution in [1.82, 2.24) is 9.97 Å². The van der Waals surface area contributed by atoms with Crippen molar-refractivity contribution >= 4 is 23.4 Å². The standard InChI is InChI=1S/C9H13ClN2O2S/c1-6(2-3-13)15-9-7(4-14)8(10)11-5-12-9/h5-6,13-14H,2-4H2,1H3. The van der Waals surface area contributed by atoms with E-state index >= 15 is 0 Å². The third-order valence-corrected chi connectivity index (χ3v) is 3.40. The highest BCUT2D eigenvalue weighted by molar-refractivity contribution is 7.99. The van der Waals surface area contributed by atoms with Crippen LogP contribution in [-0.2, 0) is 6.61 Å². The van der Waals surface area contributed by atoms with E-state index in [1.165, 1.54) is 18.1 Å². The van der Waals surface area contributed by atoms with Gasteiger partial charge < -0.3 is 10.2 Å². The van der Waals surface area contributed by atoms with E-state index in [0.29, 0.717) is 17.0 Å². The van der Waals surface area contributed by atoms with E-state index in [2.05, 4.69) is 9.97 Å². The molecule has 0 radical (unpaired) electrons. The van der Waals surface area contributed by atoms with Crippen LogP contribution >= 0.6 is 23.4 Å². The van der Waals surface area contributed by atoms with Gasteiger partial charge in [0.2, 0.25) is 0 Å². The summed E-state index contributed by atoms with van der Waals surface area (Å²) in [5.41, 5.74) is 0.550. The highest BCUT2D eigenvalue weighted by Crippen LogP contribution is 2.29. The average Bonchev–Trinajstić information content (AvgIpc) is 2.18. The molecule has 1 unspecified atom stereocenters. The fourth-order valence-corrected chi connectivity index (χ4v) is 2.31. The van der Waals surface area contributed by atoms with Crippen LogP contribution in [0.15, 0.2) is 11.4 Å². The van der Waals surface area contributed by atoms with Gasteiger partial charge in [-0.25, -0.2) is 9.97 Å². The SMILES string of the molecule is CC(CCO)Sc1ncnc(Cl)c1CO. The summed E-state index contributed by atoms with van der Waals surface area (Å²) < 4.78 is 0. The molecule has 0 fully saturated rings. The zero-order valence-electron chi connectivity index (χ0n) is 8.35. The molecule has 6 heteroatoms. The number of aliphatic hydroxyl groups excluding tert-OH is 2. The lowest BCUT2D eigenvalue weighted by Crippen LogP contribution is -2.03. The molecule has 0 aromatic carbocycles. The van der Waals surface area contributed by atoms with Crippen LogP contribution in [0.4, 0.5) is 0 Å². The Morgan fingerprint density at radius 1 is 1.47 bits per heavy atom. The van der Waals surface area contributed by atoms with E-state index in [4.69, 9.17) is 21.8 Å². The molecule has 1 atom stereocenters. The van der Waals surface area contributed by atoms with Gasteiger partial charge in [-0.3, -0.25) is 0 Å². The zero-order chi connectivity index (χ0) is 11.3. The van der Waals surface area contributed by atoms with Crippen LogP contribution in [-0.4, -0.2) is 32.0 Å². The fraction of sp³-hybridized carbons (Fsp3) is 0.556. The van der Waals surface area contributed by atoms with Crippen LogP contribution in [0, 0.1) is 0 Å². The Bertz CT molecular complexity index is 325. The van der Waals surface area contributed by atoms with Crippen molar-refractivity contribution in [2.24, 2.45) is 0 Å². The number of nitrogens with zero attached hydrogens (tertiary/aromatic N) is 2. The molecule has 4 nitrogen and oxygen atoms in total. The number of aliphatic hydroxyl groups is 2. The molecule has 1 rings (SSSR count). The van der Waals surface area contributed by atoms with E-state index in [-0.39, 0.29) is 23.6 Å². The molecule has 0 saturated heterocycles. The molecule has 0 saturated carbocycles. The predicted molar refractivity (Wildman–Crippen MR) is 60.0 cm³/mol. The van der Waals surface area contributed by atoms with Gasteiger partial charge in [0, 0.05) is 17.4 Å². The van der Waals surface area contributed by atoms with Gasteiger partial charge in [0.25, 0.3) is 0 Å². The van der Waals surface area contributed by atoms with Gasteiger partial charge in [0.05, 0.1) is 6.61 Å². The summed E-state index contributed by atoms with van der Waals surface area (Å²) in [7, 11) is 0. The molecular formula is C9H13ClN2O2S. The van der Waals surface area contributed by atoms with E-state index in [9.17, 15) is 0 Å². The molecular weight excluding hydrogens is 236 g/mol. The van der Waals surface area contributed by atoms with Crippen molar-refractivity contribution < 1.29 is 10.2 Å². The number of aromatic nitrogens is 2. The van der Waals surface area contributed by atoms with Crippen molar-refractivity contribution in [2.45, 2.75) is 30.2 Å². The van der Waals surface area contributed by atoms with Crippen LogP contribution < -0.4 is 0 Å². The summed E-state index contributed by atoms with van der Waals surface area (Å²) in [6.45, 7) is 1.95. The van der Waals surface area contributed by atoms with E-state index in [1.54, 1.807) is 0 Å². The number of hydrogen-bond donors (Lipinski definition) is 2. The number of hydrogen-bond acceptors (Lipinski definition) is 5. The van der Waals surface area contributed by atoms with Crippen LogP contribution in [0.5, 0.6) is 0 Å². The molecule has 1 aromatic rings. The van der Waals surface area contributed by atoms with Crippen LogP contribution in [0.3, 0.4) is 0 Å². The summed E-state index contributed by atoms with van der Waals surface area (Å²) in [6.07, 6.45) is 2.05. The van der Waals surface area contributed by atoms with Crippen molar-refractivity contribution in [3.8, 4) is 0 Å². The first-order valence-electron chi connectivity index (χ1n) is 4.56. The largest absolute Gasteiger partial charge is 0.396 e. The van der Waals surface area contributed by atoms with Crippen molar-refractivity contribution in [3.05, 3.63) is 17.0 Å². The monoisotopic (exact) mass is 248 g/mol. The fourth-order valence-electron chi connectivity index (χ4n) is 1.04. The maximum atomic E-state index is 9.11. The molecule has 0 bridgehead atoms. The molecule has 1 aromatic heterocycles. The molecule has 84 valence electrons. The number of halogens is 1. The summed E-state index contributed by atoms with van der Waals surface area (Å²) in [6, 6.07) is 0. The van der Waals surface area contributed by atoms with Gasteiger partial charge in [0.15, 0.2) is 0 Å². The molecule has 1 heterocycles. The molecule has 15 heavy (non-hydrogen) atoms. The van der Waals surface area contributed by atoms with Gasteiger partial charge in [-0.15, -0.1) is 11.8 Å². The van der Waals surface area contributed by atoms with E-state index < -0.39 is 0 Å². The van der Waals surface area contributed by atoms with E-state index in [1.807, 2.05) is 6.92 Å². The van der Waals surface area contributed by atoms with Gasteiger partial charge in [-0.1, -0.05) is 18.5 Å². The minimum Gasteiger partial charge on any atom is -0.396 e. The van der Waals surface area contributed by atoms with Gasteiger partial charge in [0.1, 0.15) is 16.5 Å². The molecule has 0 aliphatic carbocycles. The maximum Gasteiger partial charge on any atom is 0.139 e. The normalized spacial score (nSPS) is 12.8. The third-order valence-electron chi connectivity index (χ3n) is 1.86.